The van der Waals surface area contributed by atoms with Crippen LogP contribution in [0.2, 0.25) is 0 Å². The van der Waals surface area contributed by atoms with Gasteiger partial charge in [0.2, 0.25) is 0 Å². The third-order valence-corrected chi connectivity index (χ3v) is 5.23. The van der Waals surface area contributed by atoms with Crippen molar-refractivity contribution in [1.29, 1.82) is 0 Å². The van der Waals surface area contributed by atoms with Gasteiger partial charge in [-0.25, -0.2) is 0 Å². The molecule has 1 nitrogen and oxygen atoms in total. The zero-order valence-corrected chi connectivity index (χ0v) is 16.4. The Kier molecular flexibility index (Phi) is 8.38. The van der Waals surface area contributed by atoms with Gasteiger partial charge >= 0.3 is 0 Å². The lowest BCUT2D eigenvalue weighted by Crippen LogP contribution is -2.00. The number of hydrogen-bond acceptors (Lipinski definition) is 1. The second-order valence-electron chi connectivity index (χ2n) is 7.62. The molecule has 1 unspecified atom stereocenters. The Morgan fingerprint density at radius 2 is 1.75 bits per heavy atom. The van der Waals surface area contributed by atoms with Crippen LogP contribution in [0.1, 0.15) is 73.6 Å². The maximum absolute atomic E-state index is 9.60. The highest BCUT2D eigenvalue weighted by molar-refractivity contribution is 5.21. The van der Waals surface area contributed by atoms with Gasteiger partial charge < -0.3 is 5.11 Å². The molecule has 0 heterocycles. The van der Waals surface area contributed by atoms with Crippen molar-refractivity contribution in [2.45, 2.75) is 79.8 Å². The Hall–Kier alpha value is -1.44. The van der Waals surface area contributed by atoms with E-state index >= 15 is 0 Å². The zero-order valence-electron chi connectivity index (χ0n) is 16.4. The Morgan fingerprint density at radius 3 is 2.38 bits per heavy atom. The first-order valence-electron chi connectivity index (χ1n) is 9.16. The molecule has 0 aliphatic heterocycles. The molecule has 0 spiro atoms. The lowest BCUT2D eigenvalue weighted by Gasteiger charge is -2.04. The van der Waals surface area contributed by atoms with E-state index in [1.165, 1.54) is 24.0 Å². The van der Waals surface area contributed by atoms with Crippen molar-refractivity contribution in [3.05, 3.63) is 23.3 Å². The fourth-order valence-electron chi connectivity index (χ4n) is 3.40. The number of rotatable bonds is 8. The van der Waals surface area contributed by atoms with Crippen LogP contribution in [0.15, 0.2) is 23.3 Å². The molecule has 3 atom stereocenters. The van der Waals surface area contributed by atoms with Gasteiger partial charge in [0, 0.05) is 12.3 Å². The Morgan fingerprint density at radius 1 is 1.08 bits per heavy atom. The first-order chi connectivity index (χ1) is 11.3. The Balaban J connectivity index is 2.31. The summed E-state index contributed by atoms with van der Waals surface area (Å²) in [7, 11) is 0. The highest BCUT2D eigenvalue weighted by Gasteiger charge is 2.55. The van der Waals surface area contributed by atoms with Gasteiger partial charge in [0.1, 0.15) is 6.10 Å². The summed E-state index contributed by atoms with van der Waals surface area (Å²) in [5.41, 5.74) is 3.23. The minimum atomic E-state index is -0.525. The van der Waals surface area contributed by atoms with E-state index in [0.29, 0.717) is 17.8 Å². The average Bonchev–Trinajstić information content (AvgIpc) is 3.03. The molecule has 0 aromatic heterocycles. The van der Waals surface area contributed by atoms with Gasteiger partial charge in [-0.2, -0.15) is 0 Å². The van der Waals surface area contributed by atoms with Crippen molar-refractivity contribution in [1.82, 2.24) is 0 Å². The van der Waals surface area contributed by atoms with Gasteiger partial charge in [0.15, 0.2) is 0 Å². The molecule has 1 rings (SSSR count). The predicted octanol–water partition coefficient (Wildman–Crippen LogP) is 5.51. The Labute approximate surface area is 149 Å². The standard InChI is InChI=1S/C23H34O/c1-7-10-20(24)16-14-18(3)12-9-13-19(4)15-17-22-21(11-8-2)23(22,5)6/h13-14,20-22,24H,9,12,15-17H2,1-6H3/b18-14+,19-13+/t20?,21-,22-/m0/s1. The summed E-state index contributed by atoms with van der Waals surface area (Å²) in [6.07, 6.45) is 9.16. The van der Waals surface area contributed by atoms with Crippen molar-refractivity contribution < 1.29 is 5.11 Å². The lowest BCUT2D eigenvalue weighted by molar-refractivity contribution is 0.236. The van der Waals surface area contributed by atoms with E-state index in [4.69, 9.17) is 0 Å². The number of aliphatic hydroxyl groups excluding tert-OH is 1. The Bertz CT molecular complexity index is 583. The molecule has 0 bridgehead atoms. The molecule has 1 heteroatoms. The molecule has 1 saturated carbocycles. The monoisotopic (exact) mass is 326 g/mol. The molecule has 24 heavy (non-hydrogen) atoms. The average molecular weight is 327 g/mol. The smallest absolute Gasteiger partial charge is 0.118 e. The van der Waals surface area contributed by atoms with Crippen LogP contribution in [-0.2, 0) is 0 Å². The summed E-state index contributed by atoms with van der Waals surface area (Å²) in [6.45, 7) is 12.8. The first-order valence-corrected chi connectivity index (χ1v) is 9.16. The molecular formula is C23H34O. The summed E-state index contributed by atoms with van der Waals surface area (Å²) in [6, 6.07) is 0. The molecule has 0 saturated heterocycles. The van der Waals surface area contributed by atoms with Crippen LogP contribution in [0.4, 0.5) is 0 Å². The minimum Gasteiger partial charge on any atom is -0.380 e. The van der Waals surface area contributed by atoms with Gasteiger partial charge in [-0.3, -0.25) is 0 Å². The largest absolute Gasteiger partial charge is 0.380 e. The molecule has 1 aliphatic carbocycles. The summed E-state index contributed by atoms with van der Waals surface area (Å²) in [4.78, 5) is 0. The van der Waals surface area contributed by atoms with Crippen molar-refractivity contribution in [3.8, 4) is 23.7 Å². The van der Waals surface area contributed by atoms with E-state index in [1.54, 1.807) is 6.92 Å². The van der Waals surface area contributed by atoms with Crippen LogP contribution in [0.5, 0.6) is 0 Å². The van der Waals surface area contributed by atoms with Crippen LogP contribution < -0.4 is 0 Å². The fourth-order valence-corrected chi connectivity index (χ4v) is 3.40. The molecule has 1 fully saturated rings. The van der Waals surface area contributed by atoms with Crippen molar-refractivity contribution in [3.63, 3.8) is 0 Å². The lowest BCUT2D eigenvalue weighted by atomic mass is 10.0. The quantitative estimate of drug-likeness (QED) is 0.460. The maximum Gasteiger partial charge on any atom is 0.118 e. The first kappa shape index (κ1) is 20.6. The molecule has 0 radical (unpaired) electrons. The molecule has 132 valence electrons. The highest BCUT2D eigenvalue weighted by Crippen LogP contribution is 2.60. The van der Waals surface area contributed by atoms with Gasteiger partial charge in [0.25, 0.3) is 0 Å². The van der Waals surface area contributed by atoms with E-state index in [9.17, 15) is 5.11 Å². The number of hydrogen-bond donors (Lipinski definition) is 1. The van der Waals surface area contributed by atoms with Crippen molar-refractivity contribution in [2.75, 3.05) is 0 Å². The summed E-state index contributed by atoms with van der Waals surface area (Å²) >= 11 is 0. The van der Waals surface area contributed by atoms with Crippen LogP contribution in [-0.4, -0.2) is 11.2 Å². The van der Waals surface area contributed by atoms with Crippen LogP contribution >= 0.6 is 0 Å². The third-order valence-electron chi connectivity index (χ3n) is 5.23. The number of allylic oxidation sites excluding steroid dienone is 3. The maximum atomic E-state index is 9.60. The summed E-state index contributed by atoms with van der Waals surface area (Å²) in [5.74, 6) is 13.3. The SMILES string of the molecule is CC#CC(O)C/C=C(\C)CC/C=C(\C)CC[C@H]1[C@H](C#CC)C1(C)C. The summed E-state index contributed by atoms with van der Waals surface area (Å²) in [5, 5.41) is 9.60. The van der Waals surface area contributed by atoms with Gasteiger partial charge in [-0.1, -0.05) is 49.0 Å². The van der Waals surface area contributed by atoms with Crippen LogP contribution in [0.3, 0.4) is 0 Å². The molecule has 0 aromatic carbocycles. The van der Waals surface area contributed by atoms with Gasteiger partial charge in [-0.05, 0) is 64.7 Å². The molecule has 1 aliphatic rings. The number of aliphatic hydroxyl groups is 1. The minimum absolute atomic E-state index is 0.408. The molecule has 1 N–H and O–H groups in total. The fraction of sp³-hybridized carbons (Fsp3) is 0.652. The van der Waals surface area contributed by atoms with E-state index in [-0.39, 0.29) is 0 Å². The van der Waals surface area contributed by atoms with Crippen molar-refractivity contribution >= 4 is 0 Å². The van der Waals surface area contributed by atoms with Crippen LogP contribution in [0, 0.1) is 40.9 Å². The summed E-state index contributed by atoms with van der Waals surface area (Å²) < 4.78 is 0. The third kappa shape index (κ3) is 6.59. The second-order valence-corrected chi connectivity index (χ2v) is 7.62. The molecular weight excluding hydrogens is 292 g/mol. The predicted molar refractivity (Wildman–Crippen MR) is 104 cm³/mol. The van der Waals surface area contributed by atoms with Crippen LogP contribution in [0.25, 0.3) is 0 Å². The topological polar surface area (TPSA) is 20.2 Å². The van der Waals surface area contributed by atoms with Gasteiger partial charge in [0.05, 0.1) is 0 Å². The van der Waals surface area contributed by atoms with Crippen molar-refractivity contribution in [2.24, 2.45) is 17.3 Å². The van der Waals surface area contributed by atoms with E-state index in [2.05, 4.69) is 63.5 Å². The second kappa shape index (κ2) is 9.76. The van der Waals surface area contributed by atoms with E-state index in [0.717, 1.165) is 18.8 Å². The van der Waals surface area contributed by atoms with E-state index in [1.807, 2.05) is 6.92 Å². The molecule has 0 aromatic rings. The molecule has 0 amide bonds. The normalized spacial score (nSPS) is 23.6. The highest BCUT2D eigenvalue weighted by atomic mass is 16.3. The van der Waals surface area contributed by atoms with Gasteiger partial charge in [-0.15, -0.1) is 11.8 Å². The van der Waals surface area contributed by atoms with E-state index < -0.39 is 6.10 Å². The zero-order chi connectivity index (χ0) is 18.2.